The zero-order valence-corrected chi connectivity index (χ0v) is 27.0. The van der Waals surface area contributed by atoms with Gasteiger partial charge in [-0.1, -0.05) is 129 Å². The molecule has 3 aromatic heterocycles. The predicted octanol–water partition coefficient (Wildman–Crippen LogP) is 11.8. The van der Waals surface area contributed by atoms with Gasteiger partial charge in [-0.15, -0.1) is 0 Å². The van der Waals surface area contributed by atoms with Gasteiger partial charge in [-0.3, -0.25) is 9.13 Å². The second-order valence-corrected chi connectivity index (χ2v) is 13.1. The third-order valence-electron chi connectivity index (χ3n) is 10.3. The van der Waals surface area contributed by atoms with E-state index in [1.165, 1.54) is 0 Å². The molecule has 8 aromatic rings. The standard InChI is InChI=1S/C45H41N5/c1-3-16-30(17-4-1)32-24-15-25-33(31-18-5-2-6-19-31)42(32)43-46-44(49-38-26-11-7-20-34(38)35-21-8-12-27-39(35)49)48-45(47-43)50-40-28-13-9-22-36(40)37-23-10-14-29-41(37)50/h7-15,20-31H,1-6,16-19H2/i7D,8D,9D,10D,11D,12D,13D,14D,15D,20D,21D,22D,23D,24D,25D,26D,27D,28D,29D. The van der Waals surface area contributed by atoms with Gasteiger partial charge in [-0.2, -0.15) is 15.0 Å². The SMILES string of the molecule is [2H]c1c([2H])c(C2CCCCC2)c(-c2nc(-n3c4c([2H])c([2H])c([2H])c([2H])c4c4c([2H])c([2H])c([2H])c([2H])c43)nc(-n3c4c([2H])c([2H])c([2H])c([2H])c4c4c([2H])c([2H])c([2H])c([2H])c43)n2)c(C2CCCCC2)c1[2H]. The number of nitrogens with zero attached hydrogens (tertiary/aromatic N) is 5. The molecule has 0 saturated heterocycles. The van der Waals surface area contributed by atoms with E-state index in [1.807, 2.05) is 0 Å². The molecule has 5 heteroatoms. The van der Waals surface area contributed by atoms with E-state index in [0.29, 0.717) is 36.8 Å². The van der Waals surface area contributed by atoms with Crippen molar-refractivity contribution >= 4 is 43.6 Å². The van der Waals surface area contributed by atoms with Crippen LogP contribution in [0.3, 0.4) is 0 Å². The lowest BCUT2D eigenvalue weighted by atomic mass is 9.76. The lowest BCUT2D eigenvalue weighted by Crippen LogP contribution is -2.15. The summed E-state index contributed by atoms with van der Waals surface area (Å²) >= 11 is 0. The van der Waals surface area contributed by atoms with Crippen molar-refractivity contribution in [2.75, 3.05) is 0 Å². The highest BCUT2D eigenvalue weighted by atomic mass is 15.3. The Morgan fingerprint density at radius 3 is 1.16 bits per heavy atom. The number of fused-ring (bicyclic) bond motifs is 6. The molecule has 0 aliphatic heterocycles. The number of hydrogen-bond acceptors (Lipinski definition) is 3. The summed E-state index contributed by atoms with van der Waals surface area (Å²) < 4.78 is 174. The van der Waals surface area contributed by atoms with Crippen LogP contribution in [0.1, 0.15) is 113 Å². The fourth-order valence-corrected chi connectivity index (χ4v) is 7.98. The Hall–Kier alpha value is -5.29. The molecule has 0 unspecified atom stereocenters. The van der Waals surface area contributed by atoms with E-state index in [2.05, 4.69) is 0 Å². The summed E-state index contributed by atoms with van der Waals surface area (Å²) in [6, 6.07) is -11.6. The van der Waals surface area contributed by atoms with Crippen molar-refractivity contribution < 1.29 is 26.0 Å². The summed E-state index contributed by atoms with van der Waals surface area (Å²) in [5, 5.41) is -1.17. The first-order chi connectivity index (χ1) is 32.7. The van der Waals surface area contributed by atoms with Gasteiger partial charge in [0.1, 0.15) is 0 Å². The molecule has 50 heavy (non-hydrogen) atoms. The fourth-order valence-electron chi connectivity index (χ4n) is 7.98. The molecule has 0 atom stereocenters. The lowest BCUT2D eigenvalue weighted by Gasteiger charge is -2.29. The van der Waals surface area contributed by atoms with Crippen molar-refractivity contribution in [1.82, 2.24) is 24.1 Å². The molecule has 2 saturated carbocycles. The van der Waals surface area contributed by atoms with Crippen LogP contribution in [0.4, 0.5) is 0 Å². The molecule has 2 aliphatic carbocycles. The van der Waals surface area contributed by atoms with Crippen molar-refractivity contribution in [1.29, 1.82) is 0 Å². The maximum atomic E-state index is 9.55. The molecule has 246 valence electrons. The highest BCUT2D eigenvalue weighted by Crippen LogP contribution is 2.44. The van der Waals surface area contributed by atoms with Crippen LogP contribution in [-0.4, -0.2) is 24.1 Å². The molecular formula is C45H41N5. The van der Waals surface area contributed by atoms with Gasteiger partial charge in [-0.25, -0.2) is 0 Å². The molecule has 0 N–H and O–H groups in total. The van der Waals surface area contributed by atoms with E-state index in [0.717, 1.165) is 47.7 Å². The van der Waals surface area contributed by atoms with Crippen LogP contribution in [0, 0.1) is 0 Å². The van der Waals surface area contributed by atoms with E-state index in [4.69, 9.17) is 31.4 Å². The Morgan fingerprint density at radius 2 is 0.780 bits per heavy atom. The molecule has 0 amide bonds. The number of para-hydroxylation sites is 4. The van der Waals surface area contributed by atoms with Gasteiger partial charge in [0.2, 0.25) is 11.9 Å². The molecule has 0 radical (unpaired) electrons. The Kier molecular flexibility index (Phi) is 3.96. The minimum absolute atomic E-state index is 0.221. The monoisotopic (exact) mass is 670 g/mol. The largest absolute Gasteiger partial charge is 0.278 e. The third-order valence-corrected chi connectivity index (χ3v) is 10.3. The molecule has 2 fully saturated rings. The molecule has 2 aliphatic rings. The second-order valence-electron chi connectivity index (χ2n) is 13.1. The van der Waals surface area contributed by atoms with E-state index in [1.54, 1.807) is 0 Å². The molecule has 5 aromatic carbocycles. The Balaban J connectivity index is 1.49. The summed E-state index contributed by atoms with van der Waals surface area (Å²) in [5.41, 5.74) is -0.448. The van der Waals surface area contributed by atoms with Crippen LogP contribution in [0.25, 0.3) is 66.9 Å². The highest BCUT2D eigenvalue weighted by Gasteiger charge is 2.28. The van der Waals surface area contributed by atoms with Gasteiger partial charge in [-0.05, 0) is 72.8 Å². The van der Waals surface area contributed by atoms with Crippen molar-refractivity contribution in [3.05, 3.63) is 126 Å². The zero-order chi connectivity index (χ0) is 49.6. The Morgan fingerprint density at radius 1 is 0.420 bits per heavy atom. The van der Waals surface area contributed by atoms with Crippen LogP contribution >= 0.6 is 0 Å². The van der Waals surface area contributed by atoms with Crippen molar-refractivity contribution in [2.24, 2.45) is 0 Å². The number of hydrogen-bond donors (Lipinski definition) is 0. The van der Waals surface area contributed by atoms with Crippen LogP contribution < -0.4 is 0 Å². The zero-order valence-electron chi connectivity index (χ0n) is 46.0. The second kappa shape index (κ2) is 12.2. The van der Waals surface area contributed by atoms with Crippen LogP contribution in [0.2, 0.25) is 0 Å². The van der Waals surface area contributed by atoms with Crippen molar-refractivity contribution in [2.45, 2.75) is 76.0 Å². The van der Waals surface area contributed by atoms with Crippen LogP contribution in [-0.2, 0) is 0 Å². The molecule has 0 spiro atoms. The molecule has 10 rings (SSSR count). The number of benzene rings is 5. The molecule has 5 nitrogen and oxygen atoms in total. The summed E-state index contributed by atoms with van der Waals surface area (Å²) in [6.45, 7) is 0. The average Bonchev–Trinajstić information content (AvgIpc) is 3.91. The Bertz CT molecular complexity index is 3210. The normalized spacial score (nSPS) is 21.6. The smallest absolute Gasteiger partial charge is 0.240 e. The highest BCUT2D eigenvalue weighted by molar-refractivity contribution is 6.10. The summed E-state index contributed by atoms with van der Waals surface area (Å²) in [4.78, 5) is 14.9. The maximum absolute atomic E-state index is 9.55. The van der Waals surface area contributed by atoms with E-state index in [-0.39, 0.29) is 85.0 Å². The number of aromatic nitrogens is 5. The Labute approximate surface area is 319 Å². The van der Waals surface area contributed by atoms with Crippen molar-refractivity contribution in [3.8, 4) is 23.3 Å². The predicted molar refractivity (Wildman–Crippen MR) is 206 cm³/mol. The average molecular weight is 671 g/mol. The van der Waals surface area contributed by atoms with Gasteiger partial charge < -0.3 is 0 Å². The van der Waals surface area contributed by atoms with Gasteiger partial charge in [0.15, 0.2) is 5.82 Å². The summed E-state index contributed by atoms with van der Waals surface area (Å²) in [6.07, 6.45) is 7.49. The first kappa shape index (κ1) is 16.2. The third kappa shape index (κ3) is 4.78. The topological polar surface area (TPSA) is 48.5 Å². The van der Waals surface area contributed by atoms with Gasteiger partial charge in [0.25, 0.3) is 0 Å². The first-order valence-corrected chi connectivity index (χ1v) is 17.1. The van der Waals surface area contributed by atoms with Gasteiger partial charge >= 0.3 is 0 Å². The van der Waals surface area contributed by atoms with E-state index in [9.17, 15) is 9.60 Å². The van der Waals surface area contributed by atoms with Crippen LogP contribution in [0.15, 0.2) is 115 Å². The fraction of sp³-hybridized carbons (Fsp3) is 0.267. The first-order valence-electron chi connectivity index (χ1n) is 26.6. The summed E-state index contributed by atoms with van der Waals surface area (Å²) in [5.74, 6) is -1.95. The van der Waals surface area contributed by atoms with Gasteiger partial charge in [0, 0.05) is 27.1 Å². The van der Waals surface area contributed by atoms with Crippen molar-refractivity contribution in [3.63, 3.8) is 0 Å². The minimum atomic E-state index is -0.724. The molecule has 3 heterocycles. The van der Waals surface area contributed by atoms with Gasteiger partial charge in [0.05, 0.1) is 48.1 Å². The molecular weight excluding hydrogens is 611 g/mol. The number of rotatable bonds is 5. The molecule has 0 bridgehead atoms. The van der Waals surface area contributed by atoms with E-state index < -0.39 is 109 Å². The maximum Gasteiger partial charge on any atom is 0.240 e. The van der Waals surface area contributed by atoms with E-state index >= 15 is 0 Å². The minimum Gasteiger partial charge on any atom is -0.278 e. The lowest BCUT2D eigenvalue weighted by molar-refractivity contribution is 0.436. The summed E-state index contributed by atoms with van der Waals surface area (Å²) in [7, 11) is 0. The quantitative estimate of drug-likeness (QED) is 0.183. The van der Waals surface area contributed by atoms with Crippen LogP contribution in [0.5, 0.6) is 0 Å².